The number of amides is 1. The Labute approximate surface area is 161 Å². The third kappa shape index (κ3) is 6.06. The Balaban J connectivity index is 2.00. The van der Waals surface area contributed by atoms with Crippen LogP contribution in [0.3, 0.4) is 0 Å². The normalized spacial score (nSPS) is 11.3. The molecule has 1 heterocycles. The zero-order valence-corrected chi connectivity index (χ0v) is 17.2. The number of carbonyl (C=O) groups is 1. The van der Waals surface area contributed by atoms with E-state index in [-0.39, 0.29) is 18.9 Å². The third-order valence-electron chi connectivity index (χ3n) is 4.46. The fraction of sp³-hybridized carbons (Fsp3) is 0.400. The van der Waals surface area contributed by atoms with E-state index in [0.717, 1.165) is 23.1 Å². The number of anilines is 1. The van der Waals surface area contributed by atoms with Crippen molar-refractivity contribution in [3.05, 3.63) is 59.4 Å². The summed E-state index contributed by atoms with van der Waals surface area (Å²) in [5.41, 5.74) is 3.67. The molecule has 0 saturated heterocycles. The first-order valence-corrected chi connectivity index (χ1v) is 10.7. The molecule has 2 rings (SSSR count). The molecule has 0 atom stereocenters. The number of carbonyl (C=O) groups excluding carboxylic acids is 1. The summed E-state index contributed by atoms with van der Waals surface area (Å²) in [4.78, 5) is 18.1. The van der Waals surface area contributed by atoms with Crippen LogP contribution in [0.4, 0.5) is 5.69 Å². The lowest BCUT2D eigenvalue weighted by Gasteiger charge is -2.25. The van der Waals surface area contributed by atoms with Gasteiger partial charge < -0.3 is 4.90 Å². The third-order valence-corrected chi connectivity index (χ3v) is 5.64. The number of pyridine rings is 1. The van der Waals surface area contributed by atoms with Gasteiger partial charge in [-0.3, -0.25) is 14.1 Å². The second kappa shape index (κ2) is 8.99. The molecule has 0 fully saturated rings. The summed E-state index contributed by atoms with van der Waals surface area (Å²) in [6.07, 6.45) is 5.49. The molecular formula is C20H27N3O3S. The standard InChI is InChI=1S/C20H27N3O3S/c1-16-5-6-19(17(2)15-16)23(27(4,25)26)14-10-20(24)22(3)13-9-18-7-11-21-12-8-18/h5-8,11-12,15H,9-10,13-14H2,1-4H3. The summed E-state index contributed by atoms with van der Waals surface area (Å²) >= 11 is 0. The number of rotatable bonds is 8. The van der Waals surface area contributed by atoms with E-state index in [2.05, 4.69) is 4.98 Å². The Kier molecular flexibility index (Phi) is 6.96. The number of aromatic nitrogens is 1. The van der Waals surface area contributed by atoms with Crippen LogP contribution >= 0.6 is 0 Å². The van der Waals surface area contributed by atoms with Crippen LogP contribution in [0.15, 0.2) is 42.7 Å². The van der Waals surface area contributed by atoms with Crippen molar-refractivity contribution in [2.24, 2.45) is 0 Å². The molecule has 0 bridgehead atoms. The van der Waals surface area contributed by atoms with Crippen molar-refractivity contribution in [3.63, 3.8) is 0 Å². The summed E-state index contributed by atoms with van der Waals surface area (Å²) in [5, 5.41) is 0. The quantitative estimate of drug-likeness (QED) is 0.696. The van der Waals surface area contributed by atoms with Crippen molar-refractivity contribution in [1.82, 2.24) is 9.88 Å². The van der Waals surface area contributed by atoms with Crippen molar-refractivity contribution in [1.29, 1.82) is 0 Å². The van der Waals surface area contributed by atoms with E-state index in [0.29, 0.717) is 12.2 Å². The molecule has 6 nitrogen and oxygen atoms in total. The highest BCUT2D eigenvalue weighted by molar-refractivity contribution is 7.92. The first-order valence-electron chi connectivity index (χ1n) is 8.86. The SMILES string of the molecule is Cc1ccc(N(CCC(=O)N(C)CCc2ccncc2)S(C)(=O)=O)c(C)c1. The predicted molar refractivity (Wildman–Crippen MR) is 108 cm³/mol. The predicted octanol–water partition coefficient (Wildman–Crippen LogP) is 2.56. The molecule has 1 aromatic carbocycles. The number of nitrogens with zero attached hydrogens (tertiary/aromatic N) is 3. The lowest BCUT2D eigenvalue weighted by Crippen LogP contribution is -2.36. The molecule has 7 heteroatoms. The zero-order valence-electron chi connectivity index (χ0n) is 16.3. The van der Waals surface area contributed by atoms with Gasteiger partial charge in [0.15, 0.2) is 0 Å². The summed E-state index contributed by atoms with van der Waals surface area (Å²) in [6, 6.07) is 9.45. The zero-order chi connectivity index (χ0) is 20.0. The summed E-state index contributed by atoms with van der Waals surface area (Å²) in [6.45, 7) is 4.54. The minimum Gasteiger partial charge on any atom is -0.345 e. The maximum atomic E-state index is 12.5. The van der Waals surface area contributed by atoms with Crippen molar-refractivity contribution in [3.8, 4) is 0 Å². The Morgan fingerprint density at radius 2 is 1.74 bits per heavy atom. The minimum atomic E-state index is -3.47. The first-order chi connectivity index (χ1) is 12.7. The number of aryl methyl sites for hydroxylation is 2. The lowest BCUT2D eigenvalue weighted by atomic mass is 10.1. The van der Waals surface area contributed by atoms with E-state index in [9.17, 15) is 13.2 Å². The van der Waals surface area contributed by atoms with Crippen LogP contribution in [0.2, 0.25) is 0 Å². The van der Waals surface area contributed by atoms with Gasteiger partial charge in [-0.25, -0.2) is 8.42 Å². The molecule has 1 aromatic heterocycles. The Bertz CT molecular complexity index is 883. The van der Waals surface area contributed by atoms with Gasteiger partial charge in [-0.05, 0) is 49.6 Å². The van der Waals surface area contributed by atoms with E-state index in [1.807, 2.05) is 38.1 Å². The van der Waals surface area contributed by atoms with Crippen LogP contribution in [0.25, 0.3) is 0 Å². The van der Waals surface area contributed by atoms with Crippen LogP contribution in [-0.4, -0.2) is 50.6 Å². The van der Waals surface area contributed by atoms with Gasteiger partial charge in [0.1, 0.15) is 0 Å². The first kappa shape index (κ1) is 20.9. The molecule has 0 radical (unpaired) electrons. The molecule has 2 aromatic rings. The molecule has 27 heavy (non-hydrogen) atoms. The topological polar surface area (TPSA) is 70.6 Å². The van der Waals surface area contributed by atoms with Crippen LogP contribution in [0.5, 0.6) is 0 Å². The van der Waals surface area contributed by atoms with Gasteiger partial charge in [-0.15, -0.1) is 0 Å². The molecule has 0 N–H and O–H groups in total. The molecule has 0 aliphatic heterocycles. The van der Waals surface area contributed by atoms with Crippen LogP contribution in [0, 0.1) is 13.8 Å². The van der Waals surface area contributed by atoms with E-state index < -0.39 is 10.0 Å². The maximum Gasteiger partial charge on any atom is 0.232 e. The van der Waals surface area contributed by atoms with E-state index in [1.165, 1.54) is 10.6 Å². The Morgan fingerprint density at radius 1 is 1.07 bits per heavy atom. The van der Waals surface area contributed by atoms with Gasteiger partial charge in [0.25, 0.3) is 0 Å². The summed E-state index contributed by atoms with van der Waals surface area (Å²) in [7, 11) is -1.73. The van der Waals surface area contributed by atoms with E-state index in [4.69, 9.17) is 0 Å². The van der Waals surface area contributed by atoms with Crippen LogP contribution in [-0.2, 0) is 21.2 Å². The van der Waals surface area contributed by atoms with Crippen LogP contribution < -0.4 is 4.31 Å². The van der Waals surface area contributed by atoms with Gasteiger partial charge in [0.2, 0.25) is 15.9 Å². The molecule has 146 valence electrons. The molecule has 0 unspecified atom stereocenters. The smallest absolute Gasteiger partial charge is 0.232 e. The van der Waals surface area contributed by atoms with Crippen molar-refractivity contribution >= 4 is 21.6 Å². The second-order valence-electron chi connectivity index (χ2n) is 6.80. The van der Waals surface area contributed by atoms with Gasteiger partial charge in [-0.2, -0.15) is 0 Å². The average molecular weight is 390 g/mol. The molecule has 1 amide bonds. The maximum absolute atomic E-state index is 12.5. The average Bonchev–Trinajstić information content (AvgIpc) is 2.61. The summed E-state index contributed by atoms with van der Waals surface area (Å²) < 4.78 is 25.8. The highest BCUT2D eigenvalue weighted by atomic mass is 32.2. The van der Waals surface area contributed by atoms with Gasteiger partial charge in [0.05, 0.1) is 11.9 Å². The highest BCUT2D eigenvalue weighted by Crippen LogP contribution is 2.23. The van der Waals surface area contributed by atoms with Crippen molar-refractivity contribution in [2.75, 3.05) is 30.7 Å². The number of hydrogen-bond acceptors (Lipinski definition) is 4. The minimum absolute atomic E-state index is 0.0810. The Hall–Kier alpha value is -2.41. The van der Waals surface area contributed by atoms with E-state index >= 15 is 0 Å². The highest BCUT2D eigenvalue weighted by Gasteiger charge is 2.21. The largest absolute Gasteiger partial charge is 0.345 e. The van der Waals surface area contributed by atoms with E-state index in [1.54, 1.807) is 30.4 Å². The fourth-order valence-corrected chi connectivity index (χ4v) is 3.89. The molecule has 0 aliphatic carbocycles. The van der Waals surface area contributed by atoms with Gasteiger partial charge in [-0.1, -0.05) is 17.7 Å². The fourth-order valence-electron chi connectivity index (χ4n) is 2.91. The number of sulfonamides is 1. The second-order valence-corrected chi connectivity index (χ2v) is 8.70. The van der Waals surface area contributed by atoms with Crippen molar-refractivity contribution < 1.29 is 13.2 Å². The number of hydrogen-bond donors (Lipinski definition) is 0. The molecule has 0 spiro atoms. The van der Waals surface area contributed by atoms with Gasteiger partial charge >= 0.3 is 0 Å². The van der Waals surface area contributed by atoms with Gasteiger partial charge in [0, 0.05) is 39.0 Å². The van der Waals surface area contributed by atoms with Crippen LogP contribution in [0.1, 0.15) is 23.1 Å². The monoisotopic (exact) mass is 389 g/mol. The molecular weight excluding hydrogens is 362 g/mol. The lowest BCUT2D eigenvalue weighted by molar-refractivity contribution is -0.129. The molecule has 0 saturated carbocycles. The molecule has 0 aliphatic rings. The Morgan fingerprint density at radius 3 is 2.33 bits per heavy atom. The number of benzene rings is 1. The summed E-state index contributed by atoms with van der Waals surface area (Å²) in [5.74, 6) is -0.0810. The number of likely N-dealkylation sites (N-methyl/N-ethyl adjacent to an activating group) is 1. The van der Waals surface area contributed by atoms with Crippen molar-refractivity contribution in [2.45, 2.75) is 26.7 Å².